The van der Waals surface area contributed by atoms with Crippen LogP contribution >= 0.6 is 0 Å². The first-order valence-corrected chi connectivity index (χ1v) is 7.19. The lowest BCUT2D eigenvalue weighted by Crippen LogP contribution is -2.37. The Morgan fingerprint density at radius 3 is 2.24 bits per heavy atom. The highest BCUT2D eigenvalue weighted by atomic mass is 16.2. The standard InChI is InChI=1S/C14H24N2O/c1-9(2)13-14(17)16(8-15-13)7-12(10-3-4-10)11-5-6-11/h9-13,15H,3-8H2,1-2H3. The third-order valence-corrected chi connectivity index (χ3v) is 4.63. The molecule has 1 saturated heterocycles. The number of carbonyl (C=O) groups is 1. The third kappa shape index (κ3) is 2.35. The molecule has 17 heavy (non-hydrogen) atoms. The molecular weight excluding hydrogens is 212 g/mol. The van der Waals surface area contributed by atoms with E-state index < -0.39 is 0 Å². The molecule has 0 bridgehead atoms. The van der Waals surface area contributed by atoms with E-state index >= 15 is 0 Å². The molecule has 3 aliphatic rings. The highest BCUT2D eigenvalue weighted by molar-refractivity contribution is 5.84. The molecule has 0 aromatic rings. The summed E-state index contributed by atoms with van der Waals surface area (Å²) in [5.74, 6) is 3.44. The molecule has 1 N–H and O–H groups in total. The summed E-state index contributed by atoms with van der Waals surface area (Å²) in [7, 11) is 0. The van der Waals surface area contributed by atoms with Crippen molar-refractivity contribution in [1.29, 1.82) is 0 Å². The van der Waals surface area contributed by atoms with Gasteiger partial charge in [0.1, 0.15) is 0 Å². The molecule has 1 atom stereocenters. The number of rotatable bonds is 5. The molecule has 1 heterocycles. The van der Waals surface area contributed by atoms with E-state index in [1.54, 1.807) is 0 Å². The summed E-state index contributed by atoms with van der Waals surface area (Å²) in [4.78, 5) is 14.3. The van der Waals surface area contributed by atoms with Gasteiger partial charge in [0.05, 0.1) is 12.7 Å². The minimum atomic E-state index is 0.0639. The monoisotopic (exact) mass is 236 g/mol. The average Bonchev–Trinajstić information content (AvgIpc) is 3.15. The van der Waals surface area contributed by atoms with E-state index in [-0.39, 0.29) is 6.04 Å². The molecule has 1 amide bonds. The average molecular weight is 236 g/mol. The summed E-state index contributed by atoms with van der Waals surface area (Å²) < 4.78 is 0. The van der Waals surface area contributed by atoms with Crippen molar-refractivity contribution in [2.75, 3.05) is 13.2 Å². The number of carbonyl (C=O) groups excluding carboxylic acids is 1. The lowest BCUT2D eigenvalue weighted by atomic mass is 9.97. The number of nitrogens with one attached hydrogen (secondary N) is 1. The van der Waals surface area contributed by atoms with Crippen molar-refractivity contribution in [3.05, 3.63) is 0 Å². The van der Waals surface area contributed by atoms with Crippen molar-refractivity contribution in [2.45, 2.75) is 45.6 Å². The van der Waals surface area contributed by atoms with Gasteiger partial charge in [0, 0.05) is 6.54 Å². The van der Waals surface area contributed by atoms with Gasteiger partial charge in [-0.05, 0) is 49.4 Å². The molecule has 96 valence electrons. The first-order chi connectivity index (χ1) is 8.16. The van der Waals surface area contributed by atoms with Crippen LogP contribution < -0.4 is 5.32 Å². The van der Waals surface area contributed by atoms with Crippen LogP contribution in [0.2, 0.25) is 0 Å². The van der Waals surface area contributed by atoms with Gasteiger partial charge in [0.25, 0.3) is 0 Å². The van der Waals surface area contributed by atoms with E-state index in [1.807, 2.05) is 0 Å². The number of hydrogen-bond acceptors (Lipinski definition) is 2. The Bertz CT molecular complexity index is 295. The summed E-state index contributed by atoms with van der Waals surface area (Å²) >= 11 is 0. The van der Waals surface area contributed by atoms with Crippen LogP contribution in [0.25, 0.3) is 0 Å². The summed E-state index contributed by atoms with van der Waals surface area (Å²) in [6, 6.07) is 0.0639. The van der Waals surface area contributed by atoms with Gasteiger partial charge in [-0.25, -0.2) is 0 Å². The van der Waals surface area contributed by atoms with Gasteiger partial charge < -0.3 is 4.90 Å². The molecule has 0 aromatic carbocycles. The van der Waals surface area contributed by atoms with Crippen LogP contribution in [0.15, 0.2) is 0 Å². The Morgan fingerprint density at radius 1 is 1.24 bits per heavy atom. The molecular formula is C14H24N2O. The van der Waals surface area contributed by atoms with E-state index in [4.69, 9.17) is 0 Å². The number of nitrogens with zero attached hydrogens (tertiary/aromatic N) is 1. The fourth-order valence-corrected chi connectivity index (χ4v) is 3.23. The van der Waals surface area contributed by atoms with Crippen molar-refractivity contribution in [3.8, 4) is 0 Å². The lowest BCUT2D eigenvalue weighted by molar-refractivity contribution is -0.130. The van der Waals surface area contributed by atoms with Gasteiger partial charge in [-0.2, -0.15) is 0 Å². The van der Waals surface area contributed by atoms with Crippen LogP contribution in [-0.4, -0.2) is 30.1 Å². The Balaban J connectivity index is 1.59. The van der Waals surface area contributed by atoms with Gasteiger partial charge in [0.15, 0.2) is 0 Å². The van der Waals surface area contributed by atoms with Crippen LogP contribution in [0, 0.1) is 23.7 Å². The molecule has 3 rings (SSSR count). The largest absolute Gasteiger partial charge is 0.328 e. The molecule has 1 aliphatic heterocycles. The quantitative estimate of drug-likeness (QED) is 0.790. The van der Waals surface area contributed by atoms with Crippen LogP contribution in [0.3, 0.4) is 0 Å². The van der Waals surface area contributed by atoms with Gasteiger partial charge in [0.2, 0.25) is 5.91 Å². The first kappa shape index (κ1) is 11.5. The van der Waals surface area contributed by atoms with Gasteiger partial charge in [-0.1, -0.05) is 13.8 Å². The van der Waals surface area contributed by atoms with E-state index in [1.165, 1.54) is 25.7 Å². The molecule has 0 spiro atoms. The minimum absolute atomic E-state index is 0.0639. The van der Waals surface area contributed by atoms with Crippen molar-refractivity contribution >= 4 is 5.91 Å². The number of hydrogen-bond donors (Lipinski definition) is 1. The number of amides is 1. The maximum Gasteiger partial charge on any atom is 0.241 e. The topological polar surface area (TPSA) is 32.3 Å². The maximum atomic E-state index is 12.2. The zero-order valence-electron chi connectivity index (χ0n) is 11.0. The molecule has 2 aliphatic carbocycles. The second kappa shape index (κ2) is 4.27. The Kier molecular flexibility index (Phi) is 2.89. The van der Waals surface area contributed by atoms with E-state index in [0.717, 1.165) is 31.0 Å². The normalized spacial score (nSPS) is 29.8. The molecule has 2 saturated carbocycles. The zero-order chi connectivity index (χ0) is 12.0. The highest BCUT2D eigenvalue weighted by Crippen LogP contribution is 2.49. The predicted octanol–water partition coefficient (Wildman–Crippen LogP) is 1.84. The van der Waals surface area contributed by atoms with E-state index in [2.05, 4.69) is 24.1 Å². The molecule has 3 heteroatoms. The second-order valence-electron chi connectivity index (χ2n) is 6.48. The Hall–Kier alpha value is -0.570. The van der Waals surface area contributed by atoms with Crippen molar-refractivity contribution in [3.63, 3.8) is 0 Å². The Labute approximate surface area is 104 Å². The van der Waals surface area contributed by atoms with Crippen LogP contribution in [0.5, 0.6) is 0 Å². The van der Waals surface area contributed by atoms with E-state index in [9.17, 15) is 4.79 Å². The predicted molar refractivity (Wildman–Crippen MR) is 67.3 cm³/mol. The first-order valence-electron chi connectivity index (χ1n) is 7.19. The van der Waals surface area contributed by atoms with Gasteiger partial charge in [-0.3, -0.25) is 10.1 Å². The molecule has 1 unspecified atom stereocenters. The summed E-state index contributed by atoms with van der Waals surface area (Å²) in [6.45, 7) is 6.04. The SMILES string of the molecule is CC(C)C1NCN(CC(C2CC2)C2CC2)C1=O. The van der Waals surface area contributed by atoms with Gasteiger partial charge in [-0.15, -0.1) is 0 Å². The molecule has 0 aromatic heterocycles. The zero-order valence-corrected chi connectivity index (χ0v) is 11.0. The molecule has 3 nitrogen and oxygen atoms in total. The van der Waals surface area contributed by atoms with Crippen molar-refractivity contribution in [2.24, 2.45) is 23.7 Å². The van der Waals surface area contributed by atoms with E-state index in [0.29, 0.717) is 11.8 Å². The van der Waals surface area contributed by atoms with Gasteiger partial charge >= 0.3 is 0 Å². The van der Waals surface area contributed by atoms with Crippen LogP contribution in [0.4, 0.5) is 0 Å². The minimum Gasteiger partial charge on any atom is -0.328 e. The third-order valence-electron chi connectivity index (χ3n) is 4.63. The van der Waals surface area contributed by atoms with Crippen LogP contribution in [0.1, 0.15) is 39.5 Å². The molecule has 3 fully saturated rings. The highest BCUT2D eigenvalue weighted by Gasteiger charge is 2.44. The fraction of sp³-hybridized carbons (Fsp3) is 0.929. The maximum absolute atomic E-state index is 12.2. The molecule has 0 radical (unpaired) electrons. The Morgan fingerprint density at radius 2 is 1.82 bits per heavy atom. The van der Waals surface area contributed by atoms with Crippen LogP contribution in [-0.2, 0) is 4.79 Å². The smallest absolute Gasteiger partial charge is 0.241 e. The van der Waals surface area contributed by atoms with Crippen molar-refractivity contribution in [1.82, 2.24) is 10.2 Å². The fourth-order valence-electron chi connectivity index (χ4n) is 3.23. The lowest BCUT2D eigenvalue weighted by Gasteiger charge is -2.23. The summed E-state index contributed by atoms with van der Waals surface area (Å²) in [6.07, 6.45) is 5.63. The second-order valence-corrected chi connectivity index (χ2v) is 6.48. The van der Waals surface area contributed by atoms with Crippen molar-refractivity contribution < 1.29 is 4.79 Å². The summed E-state index contributed by atoms with van der Waals surface area (Å²) in [5.41, 5.74) is 0. The summed E-state index contributed by atoms with van der Waals surface area (Å²) in [5, 5.41) is 3.36.